The minimum atomic E-state index is -0.636. The molecule has 0 aliphatic carbocycles. The molecule has 2 aromatic rings. The van der Waals surface area contributed by atoms with E-state index in [0.717, 1.165) is 0 Å². The third kappa shape index (κ3) is 3.23. The number of ether oxygens (including phenoxy) is 2. The van der Waals surface area contributed by atoms with E-state index in [4.69, 9.17) is 20.5 Å². The van der Waals surface area contributed by atoms with E-state index in [2.05, 4.69) is 0 Å². The number of nitrogens with two attached hydrogens (primary N) is 1. The van der Waals surface area contributed by atoms with Crippen molar-refractivity contribution < 1.29 is 13.9 Å². The molecule has 0 heterocycles. The van der Waals surface area contributed by atoms with Gasteiger partial charge in [-0.2, -0.15) is 5.26 Å². The molecule has 21 heavy (non-hydrogen) atoms. The van der Waals surface area contributed by atoms with Crippen molar-refractivity contribution in [2.75, 3.05) is 5.73 Å². The van der Waals surface area contributed by atoms with Crippen molar-refractivity contribution in [3.63, 3.8) is 0 Å². The monoisotopic (exact) mass is 286 g/mol. The number of benzene rings is 2. The number of nitrogens with zero attached hydrogens (tertiary/aromatic N) is 1. The largest absolute Gasteiger partial charge is 0.489 e. The Morgan fingerprint density at radius 3 is 2.38 bits per heavy atom. The number of nitrogen functional groups attached to an aromatic ring is 1. The number of rotatable bonds is 4. The molecule has 0 amide bonds. The molecular weight excluding hydrogens is 271 g/mol. The first-order valence-electron chi connectivity index (χ1n) is 6.44. The van der Waals surface area contributed by atoms with Crippen molar-refractivity contribution in [1.82, 2.24) is 0 Å². The van der Waals surface area contributed by atoms with E-state index in [0.29, 0.717) is 17.2 Å². The maximum absolute atomic E-state index is 13.5. The highest BCUT2D eigenvalue weighted by Gasteiger charge is 2.13. The molecule has 0 aliphatic heterocycles. The van der Waals surface area contributed by atoms with Gasteiger partial charge in [-0.15, -0.1) is 0 Å². The van der Waals surface area contributed by atoms with Gasteiger partial charge in [0.25, 0.3) is 0 Å². The minimum Gasteiger partial charge on any atom is -0.489 e. The molecular formula is C16H15FN2O2. The normalized spacial score (nSPS) is 10.2. The van der Waals surface area contributed by atoms with Crippen molar-refractivity contribution in [3.8, 4) is 23.3 Å². The molecule has 4 nitrogen and oxygen atoms in total. The molecule has 0 fully saturated rings. The zero-order chi connectivity index (χ0) is 15.4. The number of hydrogen-bond donors (Lipinski definition) is 1. The first kappa shape index (κ1) is 14.7. The van der Waals surface area contributed by atoms with E-state index < -0.39 is 5.82 Å². The van der Waals surface area contributed by atoms with E-state index in [1.54, 1.807) is 24.3 Å². The van der Waals surface area contributed by atoms with Crippen LogP contribution in [0.3, 0.4) is 0 Å². The van der Waals surface area contributed by atoms with E-state index in [1.165, 1.54) is 18.2 Å². The molecule has 0 unspecified atom stereocenters. The van der Waals surface area contributed by atoms with Crippen LogP contribution in [0.1, 0.15) is 19.4 Å². The van der Waals surface area contributed by atoms with Crippen LogP contribution >= 0.6 is 0 Å². The highest BCUT2D eigenvalue weighted by atomic mass is 19.1. The molecule has 5 heteroatoms. The van der Waals surface area contributed by atoms with Gasteiger partial charge in [-0.3, -0.25) is 0 Å². The van der Waals surface area contributed by atoms with Crippen LogP contribution in [-0.2, 0) is 0 Å². The Morgan fingerprint density at radius 1 is 1.10 bits per heavy atom. The summed E-state index contributed by atoms with van der Waals surface area (Å²) in [5, 5.41) is 8.99. The number of hydrogen-bond acceptors (Lipinski definition) is 4. The second-order valence-corrected chi connectivity index (χ2v) is 4.66. The molecule has 108 valence electrons. The van der Waals surface area contributed by atoms with E-state index in [1.807, 2.05) is 13.8 Å². The zero-order valence-corrected chi connectivity index (χ0v) is 11.8. The Morgan fingerprint density at radius 2 is 1.71 bits per heavy atom. The third-order valence-corrected chi connectivity index (χ3v) is 2.70. The predicted molar refractivity (Wildman–Crippen MR) is 77.8 cm³/mol. The van der Waals surface area contributed by atoms with E-state index in [-0.39, 0.29) is 17.4 Å². The maximum Gasteiger partial charge on any atom is 0.154 e. The molecule has 0 saturated carbocycles. The van der Waals surface area contributed by atoms with Gasteiger partial charge >= 0.3 is 0 Å². The van der Waals surface area contributed by atoms with Crippen molar-refractivity contribution >= 4 is 5.69 Å². The predicted octanol–water partition coefficient (Wildman–Crippen LogP) is 3.86. The summed E-state index contributed by atoms with van der Waals surface area (Å²) in [4.78, 5) is 0. The molecule has 0 spiro atoms. The standard InChI is InChI=1S/C16H15FN2O2/c1-10(2)20-14-7-4-8-15(16(14)19)21-13-6-3-5-12(17)11(13)9-18/h3-8,10H,19H2,1-2H3. The van der Waals surface area contributed by atoms with E-state index >= 15 is 0 Å². The van der Waals surface area contributed by atoms with Crippen LogP contribution in [0.2, 0.25) is 0 Å². The van der Waals surface area contributed by atoms with Crippen molar-refractivity contribution in [3.05, 3.63) is 47.8 Å². The second-order valence-electron chi connectivity index (χ2n) is 4.66. The summed E-state index contributed by atoms with van der Waals surface area (Å²) in [5.74, 6) is 0.279. The summed E-state index contributed by atoms with van der Waals surface area (Å²) in [7, 11) is 0. The Bertz CT molecular complexity index is 693. The first-order chi connectivity index (χ1) is 10.0. The number of para-hydroxylation sites is 1. The molecule has 0 bridgehead atoms. The summed E-state index contributed by atoms with van der Waals surface area (Å²) in [6.07, 6.45) is -0.0358. The molecule has 2 aromatic carbocycles. The van der Waals surface area contributed by atoms with Crippen molar-refractivity contribution in [1.29, 1.82) is 5.26 Å². The van der Waals surface area contributed by atoms with Gasteiger partial charge in [0.1, 0.15) is 34.6 Å². The van der Waals surface area contributed by atoms with E-state index in [9.17, 15) is 4.39 Å². The summed E-state index contributed by atoms with van der Waals surface area (Å²) in [6.45, 7) is 3.76. The Balaban J connectivity index is 2.37. The SMILES string of the molecule is CC(C)Oc1cccc(Oc2cccc(F)c2C#N)c1N. The second kappa shape index (κ2) is 6.14. The van der Waals surface area contributed by atoms with Crippen molar-refractivity contribution in [2.45, 2.75) is 20.0 Å². The lowest BCUT2D eigenvalue weighted by Gasteiger charge is -2.15. The van der Waals surface area contributed by atoms with Crippen molar-refractivity contribution in [2.24, 2.45) is 0 Å². The summed E-state index contributed by atoms with van der Waals surface area (Å²) in [6, 6.07) is 11.0. The van der Waals surface area contributed by atoms with Crippen LogP contribution in [0.4, 0.5) is 10.1 Å². The van der Waals surface area contributed by atoms with Gasteiger partial charge in [0.05, 0.1) is 6.10 Å². The van der Waals surface area contributed by atoms with Gasteiger partial charge in [-0.1, -0.05) is 12.1 Å². The molecule has 0 atom stereocenters. The Labute approximate surface area is 122 Å². The molecule has 2 rings (SSSR count). The molecule has 0 aromatic heterocycles. The van der Waals surface area contributed by atoms with Gasteiger partial charge in [-0.05, 0) is 38.1 Å². The van der Waals surface area contributed by atoms with Gasteiger partial charge in [-0.25, -0.2) is 4.39 Å². The number of nitriles is 1. The summed E-state index contributed by atoms with van der Waals surface area (Å²) < 4.78 is 24.7. The van der Waals surface area contributed by atoms with Gasteiger partial charge in [0.15, 0.2) is 5.75 Å². The quantitative estimate of drug-likeness (QED) is 0.866. The average Bonchev–Trinajstić information content (AvgIpc) is 2.43. The molecule has 2 N–H and O–H groups in total. The third-order valence-electron chi connectivity index (χ3n) is 2.70. The van der Waals surface area contributed by atoms with Gasteiger partial charge < -0.3 is 15.2 Å². The lowest BCUT2D eigenvalue weighted by Crippen LogP contribution is -2.08. The van der Waals surface area contributed by atoms with Gasteiger partial charge in [0.2, 0.25) is 0 Å². The van der Waals surface area contributed by atoms with Crippen LogP contribution in [0.25, 0.3) is 0 Å². The fourth-order valence-electron chi connectivity index (χ4n) is 1.79. The molecule has 0 saturated heterocycles. The smallest absolute Gasteiger partial charge is 0.154 e. The van der Waals surface area contributed by atoms with Crippen LogP contribution in [0, 0.1) is 17.1 Å². The average molecular weight is 286 g/mol. The zero-order valence-electron chi connectivity index (χ0n) is 11.8. The lowest BCUT2D eigenvalue weighted by molar-refractivity contribution is 0.243. The van der Waals surface area contributed by atoms with Crippen LogP contribution in [0.15, 0.2) is 36.4 Å². The number of halogens is 1. The summed E-state index contributed by atoms with van der Waals surface area (Å²) >= 11 is 0. The Kier molecular flexibility index (Phi) is 4.29. The first-order valence-corrected chi connectivity index (χ1v) is 6.44. The minimum absolute atomic E-state index is 0.0358. The van der Waals surface area contributed by atoms with Crippen LogP contribution in [0.5, 0.6) is 17.2 Å². The Hall–Kier alpha value is -2.74. The van der Waals surface area contributed by atoms with Crippen LogP contribution < -0.4 is 15.2 Å². The highest BCUT2D eigenvalue weighted by Crippen LogP contribution is 2.36. The topological polar surface area (TPSA) is 68.3 Å². The number of anilines is 1. The molecule has 0 radical (unpaired) electrons. The molecule has 0 aliphatic rings. The van der Waals surface area contributed by atoms with Gasteiger partial charge in [0, 0.05) is 0 Å². The van der Waals surface area contributed by atoms with Crippen LogP contribution in [-0.4, -0.2) is 6.10 Å². The fourth-order valence-corrected chi connectivity index (χ4v) is 1.79. The summed E-state index contributed by atoms with van der Waals surface area (Å²) in [5.41, 5.74) is 6.13. The highest BCUT2D eigenvalue weighted by molar-refractivity contribution is 5.64. The fraction of sp³-hybridized carbons (Fsp3) is 0.188. The maximum atomic E-state index is 13.5. The lowest BCUT2D eigenvalue weighted by atomic mass is 10.2.